The van der Waals surface area contributed by atoms with E-state index in [1.165, 1.54) is 17.7 Å². The molecule has 0 spiro atoms. The highest BCUT2D eigenvalue weighted by Crippen LogP contribution is 2.35. The summed E-state index contributed by atoms with van der Waals surface area (Å²) >= 11 is 0. The Morgan fingerprint density at radius 2 is 1.71 bits per heavy atom. The van der Waals surface area contributed by atoms with Crippen molar-refractivity contribution in [3.05, 3.63) is 0 Å². The van der Waals surface area contributed by atoms with Crippen LogP contribution in [0.4, 0.5) is 8.78 Å². The summed E-state index contributed by atoms with van der Waals surface area (Å²) in [6, 6.07) is -0.695. The van der Waals surface area contributed by atoms with Gasteiger partial charge in [0.05, 0.1) is 12.6 Å². The molecule has 2 aliphatic rings. The van der Waals surface area contributed by atoms with Crippen LogP contribution in [0.15, 0.2) is 0 Å². The van der Waals surface area contributed by atoms with Crippen molar-refractivity contribution >= 4 is 5.91 Å². The number of likely N-dealkylation sites (tertiary alicyclic amines) is 2. The van der Waals surface area contributed by atoms with Crippen molar-refractivity contribution in [2.75, 3.05) is 26.2 Å². The van der Waals surface area contributed by atoms with Crippen molar-refractivity contribution in [2.45, 2.75) is 71.8 Å². The Bertz CT molecular complexity index is 418. The predicted molar refractivity (Wildman–Crippen MR) is 93.1 cm³/mol. The van der Waals surface area contributed by atoms with Gasteiger partial charge in [-0.05, 0) is 44.2 Å². The lowest BCUT2D eigenvalue weighted by Crippen LogP contribution is -2.60. The highest BCUT2D eigenvalue weighted by atomic mass is 19.3. The van der Waals surface area contributed by atoms with Crippen LogP contribution in [0.1, 0.15) is 59.8 Å². The maximum atomic E-state index is 14.6. The Balaban J connectivity index is 1.86. The third-order valence-electron chi connectivity index (χ3n) is 5.61. The largest absolute Gasteiger partial charge is 0.336 e. The molecule has 2 rings (SSSR count). The number of piperidine rings is 2. The summed E-state index contributed by atoms with van der Waals surface area (Å²) in [5.74, 6) is -1.75. The third kappa shape index (κ3) is 4.90. The molecule has 140 valence electrons. The van der Waals surface area contributed by atoms with Gasteiger partial charge in [0.25, 0.3) is 5.92 Å². The third-order valence-corrected chi connectivity index (χ3v) is 5.61. The lowest BCUT2D eigenvalue weighted by Gasteiger charge is -2.46. The molecule has 0 N–H and O–H groups in total. The SMILES string of the molecule is CC(C)CCC1CCN(C2CCN(C(=O)C(C)C)CC2(F)F)CC1. The van der Waals surface area contributed by atoms with E-state index < -0.39 is 18.5 Å². The van der Waals surface area contributed by atoms with Crippen LogP contribution in [0.25, 0.3) is 0 Å². The van der Waals surface area contributed by atoms with Gasteiger partial charge in [0, 0.05) is 12.5 Å². The first kappa shape index (κ1) is 19.6. The number of hydrogen-bond acceptors (Lipinski definition) is 2. The second kappa shape index (κ2) is 8.11. The Labute approximate surface area is 145 Å². The molecule has 0 saturated carbocycles. The molecule has 0 aromatic heterocycles. The van der Waals surface area contributed by atoms with Crippen LogP contribution in [0, 0.1) is 17.8 Å². The number of carbonyl (C=O) groups excluding carboxylic acids is 1. The normalized spacial score (nSPS) is 26.3. The minimum atomic E-state index is -2.80. The molecule has 2 fully saturated rings. The van der Waals surface area contributed by atoms with Gasteiger partial charge < -0.3 is 4.90 Å². The van der Waals surface area contributed by atoms with Crippen LogP contribution in [-0.2, 0) is 4.79 Å². The molecule has 5 heteroatoms. The molecule has 2 saturated heterocycles. The highest BCUT2D eigenvalue weighted by Gasteiger charge is 2.49. The van der Waals surface area contributed by atoms with Crippen molar-refractivity contribution in [1.29, 1.82) is 0 Å². The zero-order valence-electron chi connectivity index (χ0n) is 15.7. The second-order valence-corrected chi connectivity index (χ2v) is 8.43. The average Bonchev–Trinajstić information content (AvgIpc) is 2.51. The summed E-state index contributed by atoms with van der Waals surface area (Å²) in [7, 11) is 0. The van der Waals surface area contributed by atoms with E-state index in [2.05, 4.69) is 13.8 Å². The van der Waals surface area contributed by atoms with Gasteiger partial charge in [0.1, 0.15) is 0 Å². The standard InChI is InChI=1S/C19H34F2N2O/c1-14(2)5-6-16-7-10-22(11-8-16)17-9-12-23(13-19(17,20)21)18(24)15(3)4/h14-17H,5-13H2,1-4H3. The first-order valence-electron chi connectivity index (χ1n) is 9.61. The van der Waals surface area contributed by atoms with Crippen molar-refractivity contribution in [3.63, 3.8) is 0 Å². The van der Waals surface area contributed by atoms with E-state index in [4.69, 9.17) is 0 Å². The smallest absolute Gasteiger partial charge is 0.280 e. The Kier molecular flexibility index (Phi) is 6.63. The molecule has 3 nitrogen and oxygen atoms in total. The van der Waals surface area contributed by atoms with Crippen LogP contribution in [0.2, 0.25) is 0 Å². The highest BCUT2D eigenvalue weighted by molar-refractivity contribution is 5.78. The zero-order chi connectivity index (χ0) is 17.9. The molecule has 1 amide bonds. The predicted octanol–water partition coefficient (Wildman–Crippen LogP) is 4.03. The van der Waals surface area contributed by atoms with E-state index in [0.29, 0.717) is 18.9 Å². The first-order valence-corrected chi connectivity index (χ1v) is 9.61. The number of halogens is 2. The number of amides is 1. The quantitative estimate of drug-likeness (QED) is 0.752. The van der Waals surface area contributed by atoms with Crippen LogP contribution < -0.4 is 0 Å². The van der Waals surface area contributed by atoms with E-state index in [1.807, 2.05) is 4.90 Å². The summed E-state index contributed by atoms with van der Waals surface area (Å²) in [4.78, 5) is 15.4. The number of hydrogen-bond donors (Lipinski definition) is 0. The molecular weight excluding hydrogens is 310 g/mol. The molecule has 0 aromatic rings. The number of nitrogens with zero attached hydrogens (tertiary/aromatic N) is 2. The van der Waals surface area contributed by atoms with E-state index >= 15 is 0 Å². The molecular formula is C19H34F2N2O. The fourth-order valence-electron chi connectivity index (χ4n) is 4.05. The summed E-state index contributed by atoms with van der Waals surface area (Å²) in [6.07, 6.45) is 4.92. The van der Waals surface area contributed by atoms with Gasteiger partial charge in [-0.2, -0.15) is 0 Å². The first-order chi connectivity index (χ1) is 11.2. The molecule has 24 heavy (non-hydrogen) atoms. The Hall–Kier alpha value is -0.710. The van der Waals surface area contributed by atoms with Gasteiger partial charge in [0.15, 0.2) is 0 Å². The van der Waals surface area contributed by atoms with Crippen molar-refractivity contribution in [2.24, 2.45) is 17.8 Å². The van der Waals surface area contributed by atoms with E-state index in [0.717, 1.165) is 31.8 Å². The van der Waals surface area contributed by atoms with E-state index in [1.54, 1.807) is 13.8 Å². The molecule has 0 aliphatic carbocycles. The van der Waals surface area contributed by atoms with Crippen molar-refractivity contribution in [1.82, 2.24) is 9.80 Å². The molecule has 2 heterocycles. The lowest BCUT2D eigenvalue weighted by atomic mass is 9.87. The molecule has 0 radical (unpaired) electrons. The van der Waals surface area contributed by atoms with Crippen molar-refractivity contribution in [3.8, 4) is 0 Å². The number of carbonyl (C=O) groups is 1. The summed E-state index contributed by atoms with van der Waals surface area (Å²) in [5.41, 5.74) is 0. The van der Waals surface area contributed by atoms with Gasteiger partial charge in [0.2, 0.25) is 5.91 Å². The van der Waals surface area contributed by atoms with Gasteiger partial charge >= 0.3 is 0 Å². The van der Waals surface area contributed by atoms with Crippen LogP contribution >= 0.6 is 0 Å². The number of rotatable bonds is 5. The maximum Gasteiger partial charge on any atom is 0.280 e. The monoisotopic (exact) mass is 344 g/mol. The molecule has 0 bridgehead atoms. The van der Waals surface area contributed by atoms with Gasteiger partial charge in [-0.25, -0.2) is 8.78 Å². The summed E-state index contributed by atoms with van der Waals surface area (Å²) in [5, 5.41) is 0. The van der Waals surface area contributed by atoms with Crippen LogP contribution in [0.5, 0.6) is 0 Å². The Morgan fingerprint density at radius 1 is 1.08 bits per heavy atom. The van der Waals surface area contributed by atoms with Gasteiger partial charge in [-0.15, -0.1) is 0 Å². The molecule has 1 atom stereocenters. The van der Waals surface area contributed by atoms with Crippen LogP contribution in [-0.4, -0.2) is 53.9 Å². The Morgan fingerprint density at radius 3 is 2.21 bits per heavy atom. The van der Waals surface area contributed by atoms with Crippen LogP contribution in [0.3, 0.4) is 0 Å². The molecule has 0 aromatic carbocycles. The van der Waals surface area contributed by atoms with Gasteiger partial charge in [-0.1, -0.05) is 40.5 Å². The van der Waals surface area contributed by atoms with E-state index in [-0.39, 0.29) is 11.8 Å². The van der Waals surface area contributed by atoms with E-state index in [9.17, 15) is 13.6 Å². The fraction of sp³-hybridized carbons (Fsp3) is 0.947. The topological polar surface area (TPSA) is 23.6 Å². The maximum absolute atomic E-state index is 14.6. The minimum Gasteiger partial charge on any atom is -0.336 e. The van der Waals surface area contributed by atoms with Crippen molar-refractivity contribution < 1.29 is 13.6 Å². The van der Waals surface area contributed by atoms with Gasteiger partial charge in [-0.3, -0.25) is 9.69 Å². The second-order valence-electron chi connectivity index (χ2n) is 8.43. The summed E-state index contributed by atoms with van der Waals surface area (Å²) in [6.45, 7) is 9.63. The average molecular weight is 344 g/mol. The zero-order valence-corrected chi connectivity index (χ0v) is 15.7. The molecule has 2 aliphatic heterocycles. The lowest BCUT2D eigenvalue weighted by molar-refractivity contribution is -0.159. The summed E-state index contributed by atoms with van der Waals surface area (Å²) < 4.78 is 29.3. The fourth-order valence-corrected chi connectivity index (χ4v) is 4.05. The minimum absolute atomic E-state index is 0.152. The molecule has 1 unspecified atom stereocenters. The number of alkyl halides is 2.